The Hall–Kier alpha value is -0.810. The average molecular weight is 379 g/mol. The number of hydrogen-bond donors (Lipinski definition) is 0. The molecular weight excluding hydrogens is 336 g/mol. The van der Waals surface area contributed by atoms with Crippen molar-refractivity contribution in [3.05, 3.63) is 0 Å². The van der Waals surface area contributed by atoms with E-state index in [1.54, 1.807) is 0 Å². The molecule has 0 aromatic carbocycles. The van der Waals surface area contributed by atoms with Crippen LogP contribution in [0.1, 0.15) is 52.9 Å². The fourth-order valence-electron chi connectivity index (χ4n) is 5.02. The monoisotopic (exact) mass is 378 g/mol. The Kier molecular flexibility index (Phi) is 7.83. The maximum Gasteiger partial charge on any atom is 0.320 e. The molecule has 0 N–H and O–H groups in total. The number of nitrogens with zero attached hydrogens (tertiary/aromatic N) is 4. The Labute approximate surface area is 167 Å². The molecule has 3 saturated heterocycles. The van der Waals surface area contributed by atoms with Crippen molar-refractivity contribution >= 4 is 6.03 Å². The minimum absolute atomic E-state index is 0.292. The van der Waals surface area contributed by atoms with E-state index in [0.717, 1.165) is 63.6 Å². The van der Waals surface area contributed by atoms with Gasteiger partial charge in [0.05, 0.1) is 0 Å². The molecule has 0 saturated carbocycles. The summed E-state index contributed by atoms with van der Waals surface area (Å²) in [4.78, 5) is 22.2. The summed E-state index contributed by atoms with van der Waals surface area (Å²) < 4.78 is 0. The first-order chi connectivity index (χ1) is 13.1. The number of rotatable bonds is 5. The third kappa shape index (κ3) is 5.83. The quantitative estimate of drug-likeness (QED) is 0.736. The largest absolute Gasteiger partial charge is 0.325 e. The third-order valence-electron chi connectivity index (χ3n) is 7.41. The van der Waals surface area contributed by atoms with Crippen molar-refractivity contribution in [2.24, 2.45) is 17.8 Å². The van der Waals surface area contributed by atoms with Crippen molar-refractivity contribution in [2.75, 3.05) is 65.4 Å². The fraction of sp³-hybridized carbons (Fsp3) is 0.955. The molecule has 3 aliphatic rings. The Morgan fingerprint density at radius 2 is 1.30 bits per heavy atom. The van der Waals surface area contributed by atoms with Crippen LogP contribution in [-0.4, -0.2) is 91.1 Å². The highest BCUT2D eigenvalue weighted by atomic mass is 16.2. The van der Waals surface area contributed by atoms with E-state index in [1.165, 1.54) is 51.7 Å². The van der Waals surface area contributed by atoms with Crippen molar-refractivity contribution in [3.8, 4) is 0 Å². The molecule has 0 aromatic heterocycles. The van der Waals surface area contributed by atoms with Crippen LogP contribution in [0.3, 0.4) is 0 Å². The van der Waals surface area contributed by atoms with Gasteiger partial charge in [0.2, 0.25) is 0 Å². The SMILES string of the molecule is CCC1CCN(C(=O)N2CCN(CCN3CCC(C(C)C)CC3)CC2)CC1. The van der Waals surface area contributed by atoms with Gasteiger partial charge in [-0.3, -0.25) is 4.90 Å². The Morgan fingerprint density at radius 3 is 1.81 bits per heavy atom. The molecule has 27 heavy (non-hydrogen) atoms. The Balaban J connectivity index is 1.32. The van der Waals surface area contributed by atoms with Crippen LogP contribution in [0.15, 0.2) is 0 Å². The average Bonchev–Trinajstić information content (AvgIpc) is 2.72. The molecule has 0 aliphatic carbocycles. The Morgan fingerprint density at radius 1 is 0.778 bits per heavy atom. The summed E-state index contributed by atoms with van der Waals surface area (Å²) in [6, 6.07) is 0.292. The number of urea groups is 1. The van der Waals surface area contributed by atoms with E-state index < -0.39 is 0 Å². The molecule has 0 bridgehead atoms. The fourth-order valence-corrected chi connectivity index (χ4v) is 5.02. The van der Waals surface area contributed by atoms with Gasteiger partial charge in [-0.15, -0.1) is 0 Å². The number of amides is 2. The van der Waals surface area contributed by atoms with Crippen LogP contribution in [-0.2, 0) is 0 Å². The van der Waals surface area contributed by atoms with Gasteiger partial charge in [0.1, 0.15) is 0 Å². The zero-order chi connectivity index (χ0) is 19.2. The maximum absolute atomic E-state index is 12.8. The highest BCUT2D eigenvalue weighted by Crippen LogP contribution is 2.24. The minimum Gasteiger partial charge on any atom is -0.325 e. The summed E-state index contributed by atoms with van der Waals surface area (Å²) in [7, 11) is 0. The van der Waals surface area contributed by atoms with Gasteiger partial charge in [-0.05, 0) is 56.5 Å². The third-order valence-corrected chi connectivity index (χ3v) is 7.41. The number of piperazine rings is 1. The van der Waals surface area contributed by atoms with Gasteiger partial charge in [-0.1, -0.05) is 27.2 Å². The number of carbonyl (C=O) groups is 1. The van der Waals surface area contributed by atoms with Crippen molar-refractivity contribution in [1.82, 2.24) is 19.6 Å². The zero-order valence-corrected chi connectivity index (χ0v) is 18.0. The molecule has 2 amide bonds. The van der Waals surface area contributed by atoms with Gasteiger partial charge < -0.3 is 14.7 Å². The van der Waals surface area contributed by atoms with Gasteiger partial charge in [0.15, 0.2) is 0 Å². The molecule has 5 nitrogen and oxygen atoms in total. The maximum atomic E-state index is 12.8. The van der Waals surface area contributed by atoms with Crippen LogP contribution in [0.25, 0.3) is 0 Å². The lowest BCUT2D eigenvalue weighted by Crippen LogP contribution is -2.55. The predicted molar refractivity (Wildman–Crippen MR) is 112 cm³/mol. The van der Waals surface area contributed by atoms with Gasteiger partial charge in [-0.25, -0.2) is 4.79 Å². The smallest absolute Gasteiger partial charge is 0.320 e. The molecule has 0 aromatic rings. The molecule has 0 spiro atoms. The van der Waals surface area contributed by atoms with Crippen molar-refractivity contribution in [2.45, 2.75) is 52.9 Å². The van der Waals surface area contributed by atoms with Crippen LogP contribution in [0.5, 0.6) is 0 Å². The highest BCUT2D eigenvalue weighted by molar-refractivity contribution is 5.74. The van der Waals surface area contributed by atoms with Gasteiger partial charge in [-0.2, -0.15) is 0 Å². The molecule has 3 rings (SSSR count). The number of hydrogen-bond acceptors (Lipinski definition) is 3. The molecular formula is C22H42N4O. The van der Waals surface area contributed by atoms with Crippen molar-refractivity contribution in [3.63, 3.8) is 0 Å². The van der Waals surface area contributed by atoms with E-state index in [0.29, 0.717) is 6.03 Å². The summed E-state index contributed by atoms with van der Waals surface area (Å²) in [6.07, 6.45) is 6.38. The lowest BCUT2D eigenvalue weighted by Gasteiger charge is -2.40. The number of likely N-dealkylation sites (tertiary alicyclic amines) is 2. The van der Waals surface area contributed by atoms with E-state index >= 15 is 0 Å². The minimum atomic E-state index is 0.292. The zero-order valence-electron chi connectivity index (χ0n) is 18.0. The molecule has 3 heterocycles. The first kappa shape index (κ1) is 20.9. The highest BCUT2D eigenvalue weighted by Gasteiger charge is 2.28. The predicted octanol–water partition coefficient (Wildman–Crippen LogP) is 3.21. The molecule has 3 fully saturated rings. The topological polar surface area (TPSA) is 30.0 Å². The second kappa shape index (κ2) is 10.1. The van der Waals surface area contributed by atoms with Crippen LogP contribution in [0.4, 0.5) is 4.79 Å². The molecule has 0 radical (unpaired) electrons. The van der Waals surface area contributed by atoms with Crippen LogP contribution in [0, 0.1) is 17.8 Å². The molecule has 0 unspecified atom stereocenters. The lowest BCUT2D eigenvalue weighted by atomic mass is 9.87. The van der Waals surface area contributed by atoms with Crippen molar-refractivity contribution < 1.29 is 4.79 Å². The Bertz CT molecular complexity index is 445. The first-order valence-electron chi connectivity index (χ1n) is 11.5. The van der Waals surface area contributed by atoms with E-state index in [4.69, 9.17) is 0 Å². The standard InChI is InChI=1S/C22H42N4O/c1-4-20-5-11-25(12-6-20)22(27)26-17-15-24(16-18-26)14-13-23-9-7-21(8-10-23)19(2)3/h19-21H,4-18H2,1-3H3. The first-order valence-corrected chi connectivity index (χ1v) is 11.5. The number of piperidine rings is 2. The van der Waals surface area contributed by atoms with E-state index in [1.807, 2.05) is 0 Å². The van der Waals surface area contributed by atoms with Gasteiger partial charge in [0, 0.05) is 52.4 Å². The summed E-state index contributed by atoms with van der Waals surface area (Å²) in [5.74, 6) is 2.60. The summed E-state index contributed by atoms with van der Waals surface area (Å²) in [5.41, 5.74) is 0. The summed E-state index contributed by atoms with van der Waals surface area (Å²) in [5, 5.41) is 0. The van der Waals surface area contributed by atoms with Crippen LogP contribution in [0.2, 0.25) is 0 Å². The van der Waals surface area contributed by atoms with E-state index in [-0.39, 0.29) is 0 Å². The molecule has 156 valence electrons. The van der Waals surface area contributed by atoms with E-state index in [2.05, 4.69) is 40.4 Å². The van der Waals surface area contributed by atoms with E-state index in [9.17, 15) is 4.79 Å². The molecule has 3 aliphatic heterocycles. The van der Waals surface area contributed by atoms with Crippen LogP contribution >= 0.6 is 0 Å². The van der Waals surface area contributed by atoms with Gasteiger partial charge in [0.25, 0.3) is 0 Å². The second-order valence-corrected chi connectivity index (χ2v) is 9.37. The normalized spacial score (nSPS) is 24.7. The van der Waals surface area contributed by atoms with Gasteiger partial charge >= 0.3 is 6.03 Å². The molecule has 0 atom stereocenters. The van der Waals surface area contributed by atoms with Crippen molar-refractivity contribution in [1.29, 1.82) is 0 Å². The molecule has 5 heteroatoms. The summed E-state index contributed by atoms with van der Waals surface area (Å²) in [6.45, 7) is 17.7. The second-order valence-electron chi connectivity index (χ2n) is 9.37. The summed E-state index contributed by atoms with van der Waals surface area (Å²) >= 11 is 0. The van der Waals surface area contributed by atoms with Crippen LogP contribution < -0.4 is 0 Å². The number of carbonyl (C=O) groups excluding carboxylic acids is 1. The lowest BCUT2D eigenvalue weighted by molar-refractivity contribution is 0.0898.